The van der Waals surface area contributed by atoms with Crippen molar-refractivity contribution in [1.29, 1.82) is 0 Å². The van der Waals surface area contributed by atoms with Crippen LogP contribution in [0.2, 0.25) is 0 Å². The number of nitrogens with zero attached hydrogens (tertiary/aromatic N) is 2. The number of halogens is 1. The van der Waals surface area contributed by atoms with Crippen LogP contribution >= 0.6 is 0 Å². The highest BCUT2D eigenvalue weighted by Crippen LogP contribution is 2.12. The predicted molar refractivity (Wildman–Crippen MR) is 85.3 cm³/mol. The molecule has 6 heteroatoms. The summed E-state index contributed by atoms with van der Waals surface area (Å²) >= 11 is 0. The molecule has 0 unspecified atom stereocenters. The van der Waals surface area contributed by atoms with E-state index in [0.717, 1.165) is 5.56 Å². The molecule has 116 valence electrons. The summed E-state index contributed by atoms with van der Waals surface area (Å²) < 4.78 is 14.3. The Balaban J connectivity index is 2.04. The minimum Gasteiger partial charge on any atom is -0.316 e. The molecule has 3 aromatic rings. The third-order valence-electron chi connectivity index (χ3n) is 3.50. The fourth-order valence-corrected chi connectivity index (χ4v) is 2.29. The zero-order valence-electron chi connectivity index (χ0n) is 12.6. The van der Waals surface area contributed by atoms with Crippen molar-refractivity contribution in [2.24, 2.45) is 0 Å². The van der Waals surface area contributed by atoms with Gasteiger partial charge in [-0.25, -0.2) is 9.37 Å². The molecule has 3 rings (SSSR count). The fraction of sp³-hybridized carbons (Fsp3) is 0.118. The first-order valence-corrected chi connectivity index (χ1v) is 7.02. The number of anilines is 1. The van der Waals surface area contributed by atoms with Crippen LogP contribution in [-0.4, -0.2) is 15.3 Å². The Kier molecular flexibility index (Phi) is 3.65. The maximum Gasteiger partial charge on any atom is 0.281 e. The topological polar surface area (TPSA) is 63.5 Å². The fourth-order valence-electron chi connectivity index (χ4n) is 2.29. The first-order chi connectivity index (χ1) is 11.0. The third kappa shape index (κ3) is 2.83. The van der Waals surface area contributed by atoms with E-state index in [4.69, 9.17) is 0 Å². The number of aromatic nitrogens is 2. The number of benzene rings is 1. The van der Waals surface area contributed by atoms with Crippen LogP contribution in [0.5, 0.6) is 0 Å². The van der Waals surface area contributed by atoms with E-state index in [-0.39, 0.29) is 16.8 Å². The summed E-state index contributed by atoms with van der Waals surface area (Å²) in [4.78, 5) is 29.1. The molecule has 0 aliphatic rings. The van der Waals surface area contributed by atoms with Crippen molar-refractivity contribution in [2.75, 3.05) is 5.32 Å². The molecule has 0 aliphatic carbocycles. The molecular formula is C17H14FN3O2. The second kappa shape index (κ2) is 5.64. The minimum atomic E-state index is -0.486. The number of carbonyl (C=O) groups excluding carboxylic acids is 1. The van der Waals surface area contributed by atoms with Crippen LogP contribution in [0.1, 0.15) is 21.6 Å². The van der Waals surface area contributed by atoms with Gasteiger partial charge < -0.3 is 5.32 Å². The average Bonchev–Trinajstić information content (AvgIpc) is 2.53. The summed E-state index contributed by atoms with van der Waals surface area (Å²) in [6.07, 6.45) is 1.66. The van der Waals surface area contributed by atoms with Gasteiger partial charge in [0.15, 0.2) is 0 Å². The normalized spacial score (nSPS) is 10.7. The van der Waals surface area contributed by atoms with Crippen molar-refractivity contribution < 1.29 is 9.18 Å². The van der Waals surface area contributed by atoms with E-state index in [2.05, 4.69) is 10.3 Å². The van der Waals surface area contributed by atoms with Gasteiger partial charge in [-0.2, -0.15) is 0 Å². The molecule has 23 heavy (non-hydrogen) atoms. The number of carbonyl (C=O) groups is 1. The number of pyridine rings is 1. The van der Waals surface area contributed by atoms with Crippen LogP contribution in [0.15, 0.2) is 47.4 Å². The lowest BCUT2D eigenvalue weighted by molar-refractivity contribution is 0.102. The maximum absolute atomic E-state index is 12.9. The van der Waals surface area contributed by atoms with Gasteiger partial charge in [0.1, 0.15) is 17.2 Å². The van der Waals surface area contributed by atoms with Crippen molar-refractivity contribution in [3.8, 4) is 0 Å². The molecule has 1 amide bonds. The lowest BCUT2D eigenvalue weighted by Gasteiger charge is -2.10. The summed E-state index contributed by atoms with van der Waals surface area (Å²) in [5.74, 6) is -0.916. The number of hydrogen-bond donors (Lipinski definition) is 1. The molecular weight excluding hydrogens is 297 g/mol. The van der Waals surface area contributed by atoms with Crippen LogP contribution in [-0.2, 0) is 0 Å². The van der Waals surface area contributed by atoms with E-state index >= 15 is 0 Å². The number of nitrogens with one attached hydrogen (secondary N) is 1. The second-order valence-electron chi connectivity index (χ2n) is 5.27. The molecule has 5 nitrogen and oxygen atoms in total. The number of fused-ring (bicyclic) bond motifs is 1. The molecule has 1 N–H and O–H groups in total. The van der Waals surface area contributed by atoms with E-state index in [9.17, 15) is 14.0 Å². The highest BCUT2D eigenvalue weighted by molar-refractivity contribution is 6.04. The smallest absolute Gasteiger partial charge is 0.281 e. The Hall–Kier alpha value is -3.02. The molecule has 2 aromatic heterocycles. The standard InChI is InChI=1S/C17H14FN3O2/c1-10-3-8-14-19-11(2)15(17(23)21(14)9-10)20-16(22)12-4-6-13(18)7-5-12/h3-9H,1-2H3,(H,20,22). The molecule has 0 radical (unpaired) electrons. The average molecular weight is 311 g/mol. The monoisotopic (exact) mass is 311 g/mol. The SMILES string of the molecule is Cc1ccc2nc(C)c(NC(=O)c3ccc(F)cc3)c(=O)n2c1. The quantitative estimate of drug-likeness (QED) is 0.791. The maximum atomic E-state index is 12.9. The number of hydrogen-bond acceptors (Lipinski definition) is 3. The first kappa shape index (κ1) is 14.9. The summed E-state index contributed by atoms with van der Waals surface area (Å²) in [6.45, 7) is 3.52. The molecule has 0 bridgehead atoms. The van der Waals surface area contributed by atoms with Crippen LogP contribution in [0.4, 0.5) is 10.1 Å². The summed E-state index contributed by atoms with van der Waals surface area (Å²) in [7, 11) is 0. The van der Waals surface area contributed by atoms with Crippen LogP contribution in [0, 0.1) is 19.7 Å². The summed E-state index contributed by atoms with van der Waals surface area (Å²) in [6, 6.07) is 8.70. The highest BCUT2D eigenvalue weighted by Gasteiger charge is 2.14. The zero-order valence-corrected chi connectivity index (χ0v) is 12.6. The Morgan fingerprint density at radius 1 is 1.13 bits per heavy atom. The molecule has 0 aliphatic heterocycles. The van der Waals surface area contributed by atoms with E-state index < -0.39 is 11.7 Å². The van der Waals surface area contributed by atoms with Crippen molar-refractivity contribution in [1.82, 2.24) is 9.38 Å². The van der Waals surface area contributed by atoms with Crippen LogP contribution < -0.4 is 10.9 Å². The Bertz CT molecular complexity index is 962. The predicted octanol–water partition coefficient (Wildman–Crippen LogP) is 2.70. The molecule has 0 fully saturated rings. The van der Waals surface area contributed by atoms with Crippen molar-refractivity contribution in [3.05, 3.63) is 75.6 Å². The van der Waals surface area contributed by atoms with Crippen LogP contribution in [0.3, 0.4) is 0 Å². The van der Waals surface area contributed by atoms with Gasteiger partial charge >= 0.3 is 0 Å². The van der Waals surface area contributed by atoms with E-state index in [0.29, 0.717) is 11.3 Å². The second-order valence-corrected chi connectivity index (χ2v) is 5.27. The third-order valence-corrected chi connectivity index (χ3v) is 3.50. The van der Waals surface area contributed by atoms with Crippen molar-refractivity contribution in [2.45, 2.75) is 13.8 Å². The van der Waals surface area contributed by atoms with Gasteiger partial charge in [-0.3, -0.25) is 14.0 Å². The van der Waals surface area contributed by atoms with Gasteiger partial charge in [-0.1, -0.05) is 6.07 Å². The minimum absolute atomic E-state index is 0.113. The lowest BCUT2D eigenvalue weighted by atomic mass is 10.2. The molecule has 2 heterocycles. The highest BCUT2D eigenvalue weighted by atomic mass is 19.1. The van der Waals surface area contributed by atoms with Crippen molar-refractivity contribution in [3.63, 3.8) is 0 Å². The summed E-state index contributed by atoms with van der Waals surface area (Å²) in [5.41, 5.74) is 1.86. The molecule has 0 spiro atoms. The van der Waals surface area contributed by atoms with E-state index in [1.54, 1.807) is 19.2 Å². The van der Waals surface area contributed by atoms with Gasteiger partial charge in [0.05, 0.1) is 5.69 Å². The van der Waals surface area contributed by atoms with Gasteiger partial charge in [-0.15, -0.1) is 0 Å². The Morgan fingerprint density at radius 2 is 1.83 bits per heavy atom. The summed E-state index contributed by atoms with van der Waals surface area (Å²) in [5, 5.41) is 2.57. The first-order valence-electron chi connectivity index (χ1n) is 7.02. The van der Waals surface area contributed by atoms with Gasteiger partial charge in [-0.05, 0) is 49.7 Å². The number of rotatable bonds is 2. The van der Waals surface area contributed by atoms with Gasteiger partial charge in [0, 0.05) is 11.8 Å². The number of aryl methyl sites for hydroxylation is 2. The zero-order chi connectivity index (χ0) is 16.6. The lowest BCUT2D eigenvalue weighted by Crippen LogP contribution is -2.25. The molecule has 0 saturated carbocycles. The van der Waals surface area contributed by atoms with E-state index in [1.807, 2.05) is 13.0 Å². The Morgan fingerprint density at radius 3 is 2.52 bits per heavy atom. The van der Waals surface area contributed by atoms with Gasteiger partial charge in [0.2, 0.25) is 0 Å². The molecule has 0 saturated heterocycles. The molecule has 1 aromatic carbocycles. The van der Waals surface area contributed by atoms with Gasteiger partial charge in [0.25, 0.3) is 11.5 Å². The largest absolute Gasteiger partial charge is 0.316 e. The number of amides is 1. The van der Waals surface area contributed by atoms with E-state index in [1.165, 1.54) is 28.7 Å². The van der Waals surface area contributed by atoms with Crippen LogP contribution in [0.25, 0.3) is 5.65 Å². The Labute approximate surface area is 131 Å². The molecule has 0 atom stereocenters. The van der Waals surface area contributed by atoms with Crippen molar-refractivity contribution >= 4 is 17.2 Å².